The van der Waals surface area contributed by atoms with Gasteiger partial charge in [-0.15, -0.1) is 0 Å². The minimum Gasteiger partial charge on any atom is -0.478 e. The summed E-state index contributed by atoms with van der Waals surface area (Å²) in [4.78, 5) is 20.3. The largest absolute Gasteiger partial charge is 0.478 e. The molecule has 0 atom stereocenters. The number of rotatable bonds is 2. The molecule has 0 saturated heterocycles. The van der Waals surface area contributed by atoms with Gasteiger partial charge in [0.2, 0.25) is 0 Å². The number of hydrogen-bond donors (Lipinski definition) is 1. The predicted octanol–water partition coefficient (Wildman–Crippen LogP) is 2.55. The molecule has 0 amide bonds. The Morgan fingerprint density at radius 1 is 1.31 bits per heavy atom. The number of allylic oxidation sites excluding steroid dienone is 1. The van der Waals surface area contributed by atoms with Gasteiger partial charge in [0.05, 0.1) is 0 Å². The first-order valence-corrected chi connectivity index (χ1v) is 4.85. The van der Waals surface area contributed by atoms with Crippen molar-refractivity contribution in [2.75, 3.05) is 0 Å². The molecule has 4 heteroatoms. The van der Waals surface area contributed by atoms with Crippen molar-refractivity contribution in [2.24, 2.45) is 0 Å². The van der Waals surface area contributed by atoms with Crippen molar-refractivity contribution in [1.82, 2.24) is 0 Å². The van der Waals surface area contributed by atoms with Gasteiger partial charge in [0.15, 0.2) is 0 Å². The van der Waals surface area contributed by atoms with E-state index in [4.69, 9.17) is 9.84 Å². The van der Waals surface area contributed by atoms with Crippen LogP contribution in [0.25, 0.3) is 0 Å². The summed E-state index contributed by atoms with van der Waals surface area (Å²) in [7, 11) is 0. The number of carboxylic acids is 1. The van der Waals surface area contributed by atoms with Crippen LogP contribution >= 0.6 is 0 Å². The van der Waals surface area contributed by atoms with Crippen LogP contribution in [0.15, 0.2) is 24.3 Å². The number of aliphatic carboxylic acids is 1. The lowest BCUT2D eigenvalue weighted by atomic mass is 10.2. The number of carbonyl (C=O) groups excluding carboxylic acids is 1. The lowest BCUT2D eigenvalue weighted by Crippen LogP contribution is -2.22. The molecule has 0 heterocycles. The summed E-state index contributed by atoms with van der Waals surface area (Å²) in [5, 5.41) is 8.11. The van der Waals surface area contributed by atoms with Crippen molar-refractivity contribution in [3.63, 3.8) is 0 Å². The number of esters is 1. The number of hydrogen-bond acceptors (Lipinski definition) is 3. The summed E-state index contributed by atoms with van der Waals surface area (Å²) >= 11 is 0. The van der Waals surface area contributed by atoms with Gasteiger partial charge in [-0.3, -0.25) is 0 Å². The molecule has 0 aliphatic rings. The molecule has 0 saturated carbocycles. The highest BCUT2D eigenvalue weighted by molar-refractivity contribution is 5.85. The third-order valence-corrected chi connectivity index (χ3v) is 1.34. The first-order chi connectivity index (χ1) is 7.14. The van der Waals surface area contributed by atoms with Crippen LogP contribution < -0.4 is 0 Å². The summed E-state index contributed by atoms with van der Waals surface area (Å²) in [5.74, 6) is -1.22. The summed E-state index contributed by atoms with van der Waals surface area (Å²) < 4.78 is 4.83. The Labute approximate surface area is 96.6 Å². The molecule has 4 nitrogen and oxygen atoms in total. The summed E-state index contributed by atoms with van der Waals surface area (Å²) in [6.07, 6.45) is 2.72. The topological polar surface area (TPSA) is 63.6 Å². The molecule has 0 unspecified atom stereocenters. The van der Waals surface area contributed by atoms with Crippen LogP contribution in [0, 0.1) is 0 Å². The van der Waals surface area contributed by atoms with Crippen molar-refractivity contribution in [1.29, 1.82) is 0 Å². The number of carboxylic acid groups (broad SMARTS) is 1. The third-order valence-electron chi connectivity index (χ3n) is 1.34. The Bertz CT molecular complexity index is 282. The van der Waals surface area contributed by atoms with Gasteiger partial charge < -0.3 is 9.84 Å². The normalized spacial score (nSPS) is 10.9. The quantitative estimate of drug-likeness (QED) is 0.582. The third kappa shape index (κ3) is 12.4. The summed E-state index contributed by atoms with van der Waals surface area (Å²) in [6, 6.07) is 0. The van der Waals surface area contributed by atoms with E-state index in [1.165, 1.54) is 0 Å². The smallest absolute Gasteiger partial charge is 0.330 e. The molecule has 1 N–H and O–H groups in total. The van der Waals surface area contributed by atoms with Crippen LogP contribution in [-0.4, -0.2) is 22.6 Å². The molecular formula is C12H20O4. The molecule has 0 aromatic rings. The highest BCUT2D eigenvalue weighted by atomic mass is 16.6. The van der Waals surface area contributed by atoms with E-state index in [-0.39, 0.29) is 5.97 Å². The van der Waals surface area contributed by atoms with Gasteiger partial charge in [0.1, 0.15) is 5.60 Å². The lowest BCUT2D eigenvalue weighted by Gasteiger charge is -2.17. The Kier molecular flexibility index (Phi) is 8.08. The summed E-state index contributed by atoms with van der Waals surface area (Å²) in [5.41, 5.74) is -0.00866. The van der Waals surface area contributed by atoms with E-state index < -0.39 is 11.6 Å². The molecule has 92 valence electrons. The average Bonchev–Trinajstić information content (AvgIpc) is 2.14. The standard InChI is InChI=1S/C7H12O2.C5H8O2/c1-5-6(8)9-7(2,3)4;1-3-4(2)5(6)7/h5H,1H2,2-4H3;3H,1-2H3,(H,6,7). The minimum atomic E-state index is -0.845. The van der Waals surface area contributed by atoms with Crippen molar-refractivity contribution >= 4 is 11.9 Å². The van der Waals surface area contributed by atoms with E-state index in [0.717, 1.165) is 6.08 Å². The zero-order valence-electron chi connectivity index (χ0n) is 10.5. The molecule has 0 radical (unpaired) electrons. The summed E-state index contributed by atoms with van der Waals surface area (Å²) in [6.45, 7) is 12.0. The van der Waals surface area contributed by atoms with Gasteiger partial charge in [0, 0.05) is 11.6 Å². The minimum absolute atomic E-state index is 0.373. The Morgan fingerprint density at radius 3 is 1.81 bits per heavy atom. The van der Waals surface area contributed by atoms with Gasteiger partial charge in [-0.25, -0.2) is 9.59 Å². The Morgan fingerprint density at radius 2 is 1.75 bits per heavy atom. The maximum atomic E-state index is 10.5. The monoisotopic (exact) mass is 228 g/mol. The fourth-order valence-corrected chi connectivity index (χ4v) is 0.467. The fourth-order valence-electron chi connectivity index (χ4n) is 0.467. The molecule has 0 aromatic heterocycles. The van der Waals surface area contributed by atoms with E-state index in [2.05, 4.69) is 6.58 Å². The van der Waals surface area contributed by atoms with Gasteiger partial charge in [-0.1, -0.05) is 12.7 Å². The van der Waals surface area contributed by atoms with Gasteiger partial charge in [0.25, 0.3) is 0 Å². The molecule has 0 fully saturated rings. The average molecular weight is 228 g/mol. The van der Waals surface area contributed by atoms with Crippen LogP contribution in [-0.2, 0) is 14.3 Å². The predicted molar refractivity (Wildman–Crippen MR) is 63.1 cm³/mol. The Hall–Kier alpha value is -1.58. The lowest BCUT2D eigenvalue weighted by molar-refractivity contribution is -0.148. The van der Waals surface area contributed by atoms with Crippen molar-refractivity contribution < 1.29 is 19.4 Å². The zero-order chi connectivity index (χ0) is 13.4. The van der Waals surface area contributed by atoms with Crippen LogP contribution in [0.5, 0.6) is 0 Å². The molecule has 0 aliphatic heterocycles. The molecule has 0 bridgehead atoms. The Balaban J connectivity index is 0. The zero-order valence-corrected chi connectivity index (χ0v) is 10.5. The molecule has 0 spiro atoms. The fraction of sp³-hybridized carbons (Fsp3) is 0.500. The maximum Gasteiger partial charge on any atom is 0.330 e. The van der Waals surface area contributed by atoms with Gasteiger partial charge in [-0.05, 0) is 34.6 Å². The van der Waals surface area contributed by atoms with E-state index in [9.17, 15) is 9.59 Å². The van der Waals surface area contributed by atoms with E-state index >= 15 is 0 Å². The van der Waals surface area contributed by atoms with Gasteiger partial charge >= 0.3 is 11.9 Å². The number of ether oxygens (including phenoxy) is 1. The molecule has 0 aromatic carbocycles. The van der Waals surface area contributed by atoms with E-state index in [0.29, 0.717) is 5.57 Å². The first kappa shape index (κ1) is 16.8. The van der Waals surface area contributed by atoms with Crippen molar-refractivity contribution in [3.05, 3.63) is 24.3 Å². The van der Waals surface area contributed by atoms with E-state index in [1.807, 2.05) is 20.8 Å². The molecule has 0 aliphatic carbocycles. The van der Waals surface area contributed by atoms with Crippen LogP contribution in [0.4, 0.5) is 0 Å². The van der Waals surface area contributed by atoms with Crippen LogP contribution in [0.1, 0.15) is 34.6 Å². The first-order valence-electron chi connectivity index (χ1n) is 4.85. The SMILES string of the molecule is C=CC(=O)OC(C)(C)C.CC=C(C)C(=O)O. The maximum absolute atomic E-state index is 10.5. The molecular weight excluding hydrogens is 208 g/mol. The van der Waals surface area contributed by atoms with Crippen molar-refractivity contribution in [2.45, 2.75) is 40.2 Å². The van der Waals surface area contributed by atoms with Gasteiger partial charge in [-0.2, -0.15) is 0 Å². The second kappa shape index (κ2) is 7.68. The second-order valence-corrected chi connectivity index (χ2v) is 4.01. The molecule has 16 heavy (non-hydrogen) atoms. The number of carbonyl (C=O) groups is 2. The van der Waals surface area contributed by atoms with Crippen molar-refractivity contribution in [3.8, 4) is 0 Å². The van der Waals surface area contributed by atoms with Crippen LogP contribution in [0.3, 0.4) is 0 Å². The van der Waals surface area contributed by atoms with Crippen LogP contribution in [0.2, 0.25) is 0 Å². The van der Waals surface area contributed by atoms with E-state index in [1.54, 1.807) is 19.9 Å². The molecule has 0 rings (SSSR count). The highest BCUT2D eigenvalue weighted by Gasteiger charge is 2.12. The second-order valence-electron chi connectivity index (χ2n) is 4.01. The highest BCUT2D eigenvalue weighted by Crippen LogP contribution is 2.06.